The van der Waals surface area contributed by atoms with Gasteiger partial charge in [0.25, 0.3) is 0 Å². The third-order valence-corrected chi connectivity index (χ3v) is 3.39. The molecule has 2 rings (SSSR count). The van der Waals surface area contributed by atoms with Crippen molar-refractivity contribution in [3.8, 4) is 0 Å². The summed E-state index contributed by atoms with van der Waals surface area (Å²) in [6.07, 6.45) is -0.782. The van der Waals surface area contributed by atoms with Crippen LogP contribution in [0.2, 0.25) is 5.02 Å². The Morgan fingerprint density at radius 2 is 1.74 bits per heavy atom. The number of benzene rings is 2. The number of aliphatic hydroxyl groups is 1. The number of aliphatic hydroxyl groups excluding tert-OH is 1. The van der Waals surface area contributed by atoms with E-state index >= 15 is 0 Å². The normalized spacial score (nSPS) is 12.5. The molecule has 0 aliphatic carbocycles. The smallest absolute Gasteiger partial charge is 0.123 e. The molecule has 100 valence electrons. The van der Waals surface area contributed by atoms with E-state index in [9.17, 15) is 13.9 Å². The Bertz CT molecular complexity index is 599. The van der Waals surface area contributed by atoms with Crippen LogP contribution in [0.15, 0.2) is 36.4 Å². The van der Waals surface area contributed by atoms with Crippen molar-refractivity contribution in [2.24, 2.45) is 0 Å². The fourth-order valence-electron chi connectivity index (χ4n) is 1.99. The van der Waals surface area contributed by atoms with Gasteiger partial charge in [0.05, 0.1) is 6.10 Å². The second kappa shape index (κ2) is 5.68. The summed E-state index contributed by atoms with van der Waals surface area (Å²) in [7, 11) is 0. The number of hydrogen-bond acceptors (Lipinski definition) is 1. The molecular weight excluding hydrogens is 270 g/mol. The van der Waals surface area contributed by atoms with Crippen LogP contribution in [0.1, 0.15) is 22.8 Å². The predicted octanol–water partition coefficient (Wildman–Crippen LogP) is 4.20. The highest BCUT2D eigenvalue weighted by Crippen LogP contribution is 2.26. The Kier molecular flexibility index (Phi) is 4.17. The molecule has 1 unspecified atom stereocenters. The van der Waals surface area contributed by atoms with Gasteiger partial charge in [-0.1, -0.05) is 17.7 Å². The molecule has 4 heteroatoms. The minimum atomic E-state index is -0.921. The van der Waals surface area contributed by atoms with E-state index in [2.05, 4.69) is 0 Å². The minimum absolute atomic E-state index is 0.140. The zero-order chi connectivity index (χ0) is 14.0. The fraction of sp³-hybridized carbons (Fsp3) is 0.200. The van der Waals surface area contributed by atoms with Gasteiger partial charge >= 0.3 is 0 Å². The highest BCUT2D eigenvalue weighted by molar-refractivity contribution is 6.31. The number of aryl methyl sites for hydroxylation is 1. The minimum Gasteiger partial charge on any atom is -0.388 e. The SMILES string of the molecule is Cc1ccc(F)cc1C(O)Cc1cc(F)ccc1Cl. The maximum Gasteiger partial charge on any atom is 0.123 e. The molecule has 0 aliphatic rings. The Morgan fingerprint density at radius 3 is 2.47 bits per heavy atom. The highest BCUT2D eigenvalue weighted by atomic mass is 35.5. The zero-order valence-electron chi connectivity index (χ0n) is 10.3. The third kappa shape index (κ3) is 3.31. The van der Waals surface area contributed by atoms with Crippen molar-refractivity contribution in [3.05, 3.63) is 69.7 Å². The van der Waals surface area contributed by atoms with E-state index in [1.54, 1.807) is 13.0 Å². The maximum absolute atomic E-state index is 13.2. The second-order valence-corrected chi connectivity index (χ2v) is 4.86. The number of halogens is 3. The molecular formula is C15H13ClF2O. The molecule has 0 radical (unpaired) electrons. The van der Waals surface area contributed by atoms with Gasteiger partial charge in [0.1, 0.15) is 11.6 Å². The average Bonchev–Trinajstić information content (AvgIpc) is 2.36. The first kappa shape index (κ1) is 14.0. The summed E-state index contributed by atoms with van der Waals surface area (Å²) in [5, 5.41) is 10.5. The molecule has 1 N–H and O–H groups in total. The van der Waals surface area contributed by atoms with Crippen LogP contribution >= 0.6 is 11.6 Å². The molecule has 2 aromatic carbocycles. The van der Waals surface area contributed by atoms with Crippen molar-refractivity contribution in [2.75, 3.05) is 0 Å². The summed E-state index contributed by atoms with van der Waals surface area (Å²) in [6, 6.07) is 8.19. The highest BCUT2D eigenvalue weighted by Gasteiger charge is 2.14. The molecule has 19 heavy (non-hydrogen) atoms. The van der Waals surface area contributed by atoms with Crippen LogP contribution in [0, 0.1) is 18.6 Å². The molecule has 0 bridgehead atoms. The average molecular weight is 283 g/mol. The van der Waals surface area contributed by atoms with Gasteiger partial charge < -0.3 is 5.11 Å². The third-order valence-electron chi connectivity index (χ3n) is 3.02. The topological polar surface area (TPSA) is 20.2 Å². The van der Waals surface area contributed by atoms with Crippen molar-refractivity contribution in [1.82, 2.24) is 0 Å². The molecule has 0 aromatic heterocycles. The Morgan fingerprint density at radius 1 is 1.11 bits per heavy atom. The summed E-state index contributed by atoms with van der Waals surface area (Å²) in [4.78, 5) is 0. The Balaban J connectivity index is 2.27. The van der Waals surface area contributed by atoms with Crippen LogP contribution in [0.4, 0.5) is 8.78 Å². The van der Waals surface area contributed by atoms with Gasteiger partial charge in [-0.3, -0.25) is 0 Å². The van der Waals surface area contributed by atoms with E-state index in [1.807, 2.05) is 0 Å². The maximum atomic E-state index is 13.2. The van der Waals surface area contributed by atoms with Crippen molar-refractivity contribution in [3.63, 3.8) is 0 Å². The van der Waals surface area contributed by atoms with E-state index in [0.717, 1.165) is 5.56 Å². The van der Waals surface area contributed by atoms with Crippen molar-refractivity contribution >= 4 is 11.6 Å². The molecule has 1 nitrogen and oxygen atoms in total. The van der Waals surface area contributed by atoms with Gasteiger partial charge in [-0.05, 0) is 53.9 Å². The second-order valence-electron chi connectivity index (χ2n) is 4.46. The van der Waals surface area contributed by atoms with Crippen LogP contribution in [-0.2, 0) is 6.42 Å². The van der Waals surface area contributed by atoms with Crippen molar-refractivity contribution in [2.45, 2.75) is 19.4 Å². The summed E-state index contributed by atoms with van der Waals surface area (Å²) in [5.41, 5.74) is 1.76. The van der Waals surface area contributed by atoms with Gasteiger partial charge in [-0.15, -0.1) is 0 Å². The molecule has 0 saturated carbocycles. The molecule has 0 heterocycles. The predicted molar refractivity (Wildman–Crippen MR) is 71.2 cm³/mol. The lowest BCUT2D eigenvalue weighted by Crippen LogP contribution is -2.05. The summed E-state index contributed by atoms with van der Waals surface area (Å²) in [5.74, 6) is -0.826. The first-order valence-electron chi connectivity index (χ1n) is 5.85. The molecule has 0 fully saturated rings. The zero-order valence-corrected chi connectivity index (χ0v) is 11.1. The fourth-order valence-corrected chi connectivity index (χ4v) is 2.18. The van der Waals surface area contributed by atoms with Gasteiger partial charge in [-0.2, -0.15) is 0 Å². The largest absolute Gasteiger partial charge is 0.388 e. The summed E-state index contributed by atoms with van der Waals surface area (Å²) < 4.78 is 26.3. The van der Waals surface area contributed by atoms with Gasteiger partial charge in [0.2, 0.25) is 0 Å². The Hall–Kier alpha value is -1.45. The standard InChI is InChI=1S/C15H13ClF2O/c1-9-2-3-12(18)8-13(9)15(19)7-10-6-11(17)4-5-14(10)16/h2-6,8,15,19H,7H2,1H3. The number of hydrogen-bond donors (Lipinski definition) is 1. The van der Waals surface area contributed by atoms with Gasteiger partial charge in [0.15, 0.2) is 0 Å². The molecule has 0 amide bonds. The quantitative estimate of drug-likeness (QED) is 0.894. The molecule has 2 aromatic rings. The molecule has 0 spiro atoms. The summed E-state index contributed by atoms with van der Waals surface area (Å²) in [6.45, 7) is 1.78. The van der Waals surface area contributed by atoms with Crippen LogP contribution in [0.5, 0.6) is 0 Å². The van der Waals surface area contributed by atoms with Gasteiger partial charge in [0, 0.05) is 11.4 Å². The lowest BCUT2D eigenvalue weighted by Gasteiger charge is -2.15. The van der Waals surface area contributed by atoms with E-state index in [1.165, 1.54) is 30.3 Å². The molecule has 0 saturated heterocycles. The van der Waals surface area contributed by atoms with Crippen LogP contribution in [0.25, 0.3) is 0 Å². The van der Waals surface area contributed by atoms with Crippen molar-refractivity contribution < 1.29 is 13.9 Å². The Labute approximate surface area is 115 Å². The first-order chi connectivity index (χ1) is 8.97. The van der Waals surface area contributed by atoms with E-state index < -0.39 is 17.7 Å². The first-order valence-corrected chi connectivity index (χ1v) is 6.23. The number of rotatable bonds is 3. The monoisotopic (exact) mass is 282 g/mol. The molecule has 0 aliphatic heterocycles. The van der Waals surface area contributed by atoms with Crippen LogP contribution in [0.3, 0.4) is 0 Å². The van der Waals surface area contributed by atoms with Crippen LogP contribution in [-0.4, -0.2) is 5.11 Å². The van der Waals surface area contributed by atoms with Crippen molar-refractivity contribution in [1.29, 1.82) is 0 Å². The van der Waals surface area contributed by atoms with E-state index in [-0.39, 0.29) is 6.42 Å². The van der Waals surface area contributed by atoms with E-state index in [0.29, 0.717) is 16.1 Å². The molecule has 1 atom stereocenters. The van der Waals surface area contributed by atoms with Crippen LogP contribution < -0.4 is 0 Å². The van der Waals surface area contributed by atoms with Gasteiger partial charge in [-0.25, -0.2) is 8.78 Å². The van der Waals surface area contributed by atoms with E-state index in [4.69, 9.17) is 11.6 Å². The summed E-state index contributed by atoms with van der Waals surface area (Å²) >= 11 is 5.95. The lowest BCUT2D eigenvalue weighted by atomic mass is 9.97. The lowest BCUT2D eigenvalue weighted by molar-refractivity contribution is 0.177.